The SMILES string of the molecule is O=C1C(Nc2nnc(C(F)(F)F)s2)CCCN1c1ccccc1Cl. The third kappa shape index (κ3) is 3.46. The number of carbonyl (C=O) groups excluding carboxylic acids is 1. The molecule has 1 aliphatic rings. The summed E-state index contributed by atoms with van der Waals surface area (Å²) in [5, 5.41) is 8.70. The zero-order valence-electron chi connectivity index (χ0n) is 12.2. The highest BCUT2D eigenvalue weighted by molar-refractivity contribution is 7.15. The first-order chi connectivity index (χ1) is 11.4. The van der Waals surface area contributed by atoms with Gasteiger partial charge in [-0.15, -0.1) is 10.2 Å². The van der Waals surface area contributed by atoms with E-state index in [-0.39, 0.29) is 11.0 Å². The van der Waals surface area contributed by atoms with Gasteiger partial charge in [0.25, 0.3) is 0 Å². The van der Waals surface area contributed by atoms with Crippen LogP contribution in [0.1, 0.15) is 17.8 Å². The number of piperidine rings is 1. The number of hydrogen-bond donors (Lipinski definition) is 1. The van der Waals surface area contributed by atoms with Gasteiger partial charge in [0.1, 0.15) is 6.04 Å². The van der Waals surface area contributed by atoms with E-state index in [0.717, 1.165) is 0 Å². The van der Waals surface area contributed by atoms with E-state index in [2.05, 4.69) is 15.5 Å². The minimum atomic E-state index is -4.54. The van der Waals surface area contributed by atoms with E-state index in [0.29, 0.717) is 41.4 Å². The van der Waals surface area contributed by atoms with Gasteiger partial charge >= 0.3 is 6.18 Å². The summed E-state index contributed by atoms with van der Waals surface area (Å²) in [6.45, 7) is 0.505. The lowest BCUT2D eigenvalue weighted by atomic mass is 10.0. The Hall–Kier alpha value is -1.87. The molecule has 0 saturated carbocycles. The Morgan fingerprint density at radius 1 is 1.29 bits per heavy atom. The number of rotatable bonds is 3. The highest BCUT2D eigenvalue weighted by Gasteiger charge is 2.37. The molecule has 1 unspecified atom stereocenters. The van der Waals surface area contributed by atoms with E-state index < -0.39 is 17.2 Å². The van der Waals surface area contributed by atoms with Crippen LogP contribution in [0.15, 0.2) is 24.3 Å². The van der Waals surface area contributed by atoms with Crippen LogP contribution in [0.25, 0.3) is 0 Å². The van der Waals surface area contributed by atoms with Crippen LogP contribution in [-0.4, -0.2) is 28.7 Å². The van der Waals surface area contributed by atoms with Crippen LogP contribution in [0.2, 0.25) is 5.02 Å². The second kappa shape index (κ2) is 6.56. The maximum atomic E-state index is 12.6. The normalized spacial score (nSPS) is 18.8. The van der Waals surface area contributed by atoms with Gasteiger partial charge in [-0.2, -0.15) is 13.2 Å². The molecule has 1 aliphatic heterocycles. The monoisotopic (exact) mass is 376 g/mol. The standard InChI is InChI=1S/C14H12ClF3N4OS/c15-8-4-1-2-6-10(8)22-7-3-5-9(11(22)23)19-13-21-20-12(24-13)14(16,17)18/h1-2,4,6,9H,3,5,7H2,(H,19,21). The summed E-state index contributed by atoms with van der Waals surface area (Å²) in [5.74, 6) is -0.252. The van der Waals surface area contributed by atoms with Gasteiger partial charge in [-0.05, 0) is 25.0 Å². The zero-order valence-corrected chi connectivity index (χ0v) is 13.8. The van der Waals surface area contributed by atoms with Crippen LogP contribution < -0.4 is 10.2 Å². The number of para-hydroxylation sites is 1. The van der Waals surface area contributed by atoms with Gasteiger partial charge in [-0.3, -0.25) is 4.79 Å². The minimum absolute atomic E-state index is 0.0262. The van der Waals surface area contributed by atoms with Crippen molar-refractivity contribution in [3.63, 3.8) is 0 Å². The van der Waals surface area contributed by atoms with Crippen LogP contribution in [-0.2, 0) is 11.0 Å². The van der Waals surface area contributed by atoms with Gasteiger partial charge in [0.05, 0.1) is 10.7 Å². The average Bonchev–Trinajstić information content (AvgIpc) is 2.99. The predicted octanol–water partition coefficient (Wildman–Crippen LogP) is 3.82. The molecule has 128 valence electrons. The fourth-order valence-electron chi connectivity index (χ4n) is 2.46. The second-order valence-electron chi connectivity index (χ2n) is 5.19. The number of amides is 1. The number of halogens is 4. The highest BCUT2D eigenvalue weighted by atomic mass is 35.5. The summed E-state index contributed by atoms with van der Waals surface area (Å²) in [5.41, 5.74) is 0.587. The molecule has 0 bridgehead atoms. The molecule has 3 rings (SSSR count). The molecule has 1 atom stereocenters. The molecule has 0 radical (unpaired) electrons. The smallest absolute Gasteiger partial charge is 0.348 e. The van der Waals surface area contributed by atoms with Crippen molar-refractivity contribution in [1.82, 2.24) is 10.2 Å². The third-order valence-corrected chi connectivity index (χ3v) is 4.77. The van der Waals surface area contributed by atoms with Crippen LogP contribution in [0.4, 0.5) is 24.0 Å². The van der Waals surface area contributed by atoms with Crippen molar-refractivity contribution in [2.24, 2.45) is 0 Å². The molecule has 10 heteroatoms. The van der Waals surface area contributed by atoms with Crippen LogP contribution in [0, 0.1) is 0 Å². The Kier molecular flexibility index (Phi) is 4.64. The Morgan fingerprint density at radius 2 is 2.04 bits per heavy atom. The minimum Gasteiger partial charge on any atom is -0.348 e. The number of anilines is 2. The molecule has 24 heavy (non-hydrogen) atoms. The Morgan fingerprint density at radius 3 is 2.71 bits per heavy atom. The maximum Gasteiger partial charge on any atom is 0.445 e. The van der Waals surface area contributed by atoms with Gasteiger partial charge in [0, 0.05) is 6.54 Å². The van der Waals surface area contributed by atoms with Crippen molar-refractivity contribution in [3.05, 3.63) is 34.3 Å². The zero-order chi connectivity index (χ0) is 17.3. The highest BCUT2D eigenvalue weighted by Crippen LogP contribution is 2.34. The maximum absolute atomic E-state index is 12.6. The average molecular weight is 377 g/mol. The van der Waals surface area contributed by atoms with Crippen molar-refractivity contribution < 1.29 is 18.0 Å². The van der Waals surface area contributed by atoms with E-state index in [9.17, 15) is 18.0 Å². The largest absolute Gasteiger partial charge is 0.445 e. The van der Waals surface area contributed by atoms with Crippen molar-refractivity contribution >= 4 is 39.7 Å². The van der Waals surface area contributed by atoms with E-state index in [1.54, 1.807) is 24.3 Å². The van der Waals surface area contributed by atoms with Gasteiger partial charge < -0.3 is 10.2 Å². The number of nitrogens with zero attached hydrogens (tertiary/aromatic N) is 3. The van der Waals surface area contributed by atoms with Crippen LogP contribution in [0.5, 0.6) is 0 Å². The number of carbonyl (C=O) groups is 1. The van der Waals surface area contributed by atoms with Gasteiger partial charge in [0.15, 0.2) is 0 Å². The molecule has 2 aromatic rings. The first-order valence-electron chi connectivity index (χ1n) is 7.09. The molecule has 1 saturated heterocycles. The van der Waals surface area contributed by atoms with Gasteiger partial charge in [0.2, 0.25) is 16.0 Å². The second-order valence-corrected chi connectivity index (χ2v) is 6.58. The molecule has 1 aromatic heterocycles. The molecule has 0 aliphatic carbocycles. The number of alkyl halides is 3. The van der Waals surface area contributed by atoms with E-state index in [1.165, 1.54) is 4.90 Å². The van der Waals surface area contributed by atoms with Crippen molar-refractivity contribution in [2.75, 3.05) is 16.8 Å². The number of hydrogen-bond acceptors (Lipinski definition) is 5. The summed E-state index contributed by atoms with van der Waals surface area (Å²) in [7, 11) is 0. The molecule has 0 spiro atoms. The molecule has 2 heterocycles. The third-order valence-electron chi connectivity index (χ3n) is 3.55. The summed E-state index contributed by atoms with van der Waals surface area (Å²) >= 11 is 6.51. The molecule has 5 nitrogen and oxygen atoms in total. The van der Waals surface area contributed by atoms with Crippen molar-refractivity contribution in [2.45, 2.75) is 25.1 Å². The Bertz CT molecular complexity index is 752. The lowest BCUT2D eigenvalue weighted by Gasteiger charge is -2.33. The van der Waals surface area contributed by atoms with Gasteiger partial charge in [-0.25, -0.2) is 0 Å². The quantitative estimate of drug-likeness (QED) is 0.884. The lowest BCUT2D eigenvalue weighted by molar-refractivity contribution is -0.138. The number of benzene rings is 1. The van der Waals surface area contributed by atoms with E-state index in [1.807, 2.05) is 0 Å². The predicted molar refractivity (Wildman–Crippen MR) is 85.4 cm³/mol. The molecule has 1 N–H and O–H groups in total. The van der Waals surface area contributed by atoms with Gasteiger partial charge in [-0.1, -0.05) is 35.1 Å². The van der Waals surface area contributed by atoms with E-state index >= 15 is 0 Å². The summed E-state index contributed by atoms with van der Waals surface area (Å²) < 4.78 is 37.7. The molecule has 1 amide bonds. The van der Waals surface area contributed by atoms with E-state index in [4.69, 9.17) is 11.6 Å². The fourth-order valence-corrected chi connectivity index (χ4v) is 3.37. The Labute approximate surface area is 144 Å². The summed E-state index contributed by atoms with van der Waals surface area (Å²) in [4.78, 5) is 14.2. The first-order valence-corrected chi connectivity index (χ1v) is 8.29. The Balaban J connectivity index is 1.76. The van der Waals surface area contributed by atoms with Crippen molar-refractivity contribution in [1.29, 1.82) is 0 Å². The number of aromatic nitrogens is 2. The molecular weight excluding hydrogens is 365 g/mol. The lowest BCUT2D eigenvalue weighted by Crippen LogP contribution is -2.47. The topological polar surface area (TPSA) is 58.1 Å². The number of nitrogens with one attached hydrogen (secondary N) is 1. The van der Waals surface area contributed by atoms with Crippen molar-refractivity contribution in [3.8, 4) is 0 Å². The molecule has 1 fully saturated rings. The van der Waals surface area contributed by atoms with Crippen LogP contribution in [0.3, 0.4) is 0 Å². The molecular formula is C14H12ClF3N4OS. The fraction of sp³-hybridized carbons (Fsp3) is 0.357. The summed E-state index contributed by atoms with van der Waals surface area (Å²) in [6, 6.07) is 6.28. The van der Waals surface area contributed by atoms with Crippen LogP contribution >= 0.6 is 22.9 Å². The molecule has 1 aromatic carbocycles. The summed E-state index contributed by atoms with van der Waals surface area (Å²) in [6.07, 6.45) is -3.35. The first kappa shape index (κ1) is 17.0.